The number of carbonyl (C=O) groups excluding carboxylic acids is 1. The monoisotopic (exact) mass is 345 g/mol. The number of hydrogen-bond donors (Lipinski definition) is 1. The first kappa shape index (κ1) is 18.7. The van der Waals surface area contributed by atoms with Gasteiger partial charge in [-0.3, -0.25) is 14.9 Å². The molecule has 0 fully saturated rings. The van der Waals surface area contributed by atoms with Gasteiger partial charge in [-0.1, -0.05) is 24.3 Å². The molecule has 2 aromatic rings. The van der Waals surface area contributed by atoms with Crippen molar-refractivity contribution in [3.05, 3.63) is 75.6 Å². The molecule has 2 rings (SSSR count). The summed E-state index contributed by atoms with van der Waals surface area (Å²) in [6, 6.07) is 11.9. The van der Waals surface area contributed by atoms with Gasteiger partial charge in [-0.05, 0) is 31.8 Å². The molecule has 1 unspecified atom stereocenters. The van der Waals surface area contributed by atoms with E-state index in [1.54, 1.807) is 18.2 Å². The van der Waals surface area contributed by atoms with Gasteiger partial charge < -0.3 is 10.2 Å². The highest BCUT2D eigenvalue weighted by Crippen LogP contribution is 2.18. The van der Waals surface area contributed by atoms with Crippen LogP contribution in [-0.2, 0) is 0 Å². The Morgan fingerprint density at radius 1 is 1.24 bits per heavy atom. The smallest absolute Gasteiger partial charge is 0.270 e. The highest BCUT2D eigenvalue weighted by molar-refractivity contribution is 5.98. The largest absolute Gasteiger partial charge is 0.308 e. The lowest BCUT2D eigenvalue weighted by atomic mass is 10.1. The molecular weight excluding hydrogens is 325 g/mol. The minimum atomic E-state index is -0.527. The standard InChI is InChI=1S/C18H20FN3O3/c1-21(2)17(13-6-8-15(19)9-7-13)11-20-12-18(23)14-4-3-5-16(10-14)22(24)25/h3-10,17,20H,11-12H2,1-2H3. The van der Waals surface area contributed by atoms with Crippen molar-refractivity contribution in [3.63, 3.8) is 0 Å². The number of nitrogens with one attached hydrogen (secondary N) is 1. The molecular formula is C18H20FN3O3. The summed E-state index contributed by atoms with van der Waals surface area (Å²) in [6.07, 6.45) is 0. The van der Waals surface area contributed by atoms with E-state index in [2.05, 4.69) is 5.32 Å². The van der Waals surface area contributed by atoms with Crippen LogP contribution in [0.2, 0.25) is 0 Å². The number of benzene rings is 2. The van der Waals surface area contributed by atoms with Crippen LogP contribution in [0, 0.1) is 15.9 Å². The van der Waals surface area contributed by atoms with Gasteiger partial charge in [-0.15, -0.1) is 0 Å². The zero-order valence-electron chi connectivity index (χ0n) is 14.1. The zero-order chi connectivity index (χ0) is 18.4. The fraction of sp³-hybridized carbons (Fsp3) is 0.278. The molecule has 25 heavy (non-hydrogen) atoms. The van der Waals surface area contributed by atoms with Crippen molar-refractivity contribution in [1.29, 1.82) is 0 Å². The summed E-state index contributed by atoms with van der Waals surface area (Å²) in [6.45, 7) is 0.548. The highest BCUT2D eigenvalue weighted by Gasteiger charge is 2.16. The Kier molecular flexibility index (Phi) is 6.32. The second kappa shape index (κ2) is 8.46. The van der Waals surface area contributed by atoms with Crippen molar-refractivity contribution in [3.8, 4) is 0 Å². The molecule has 0 amide bonds. The van der Waals surface area contributed by atoms with Crippen molar-refractivity contribution >= 4 is 11.5 Å². The summed E-state index contributed by atoms with van der Waals surface area (Å²) in [5, 5.41) is 13.9. The van der Waals surface area contributed by atoms with Crippen LogP contribution in [0.25, 0.3) is 0 Å². The summed E-state index contributed by atoms with van der Waals surface area (Å²) in [7, 11) is 3.80. The van der Waals surface area contributed by atoms with E-state index in [-0.39, 0.29) is 29.9 Å². The van der Waals surface area contributed by atoms with Gasteiger partial charge in [0.25, 0.3) is 5.69 Å². The van der Waals surface area contributed by atoms with Gasteiger partial charge in [0.1, 0.15) is 5.82 Å². The maximum Gasteiger partial charge on any atom is 0.270 e. The first-order valence-corrected chi connectivity index (χ1v) is 7.78. The lowest BCUT2D eigenvalue weighted by molar-refractivity contribution is -0.384. The highest BCUT2D eigenvalue weighted by atomic mass is 19.1. The maximum atomic E-state index is 13.1. The van der Waals surface area contributed by atoms with Gasteiger partial charge in [0, 0.05) is 30.3 Å². The van der Waals surface area contributed by atoms with Crippen LogP contribution in [-0.4, -0.2) is 42.8 Å². The first-order valence-electron chi connectivity index (χ1n) is 7.78. The van der Waals surface area contributed by atoms with Crippen molar-refractivity contribution in [2.45, 2.75) is 6.04 Å². The molecule has 1 N–H and O–H groups in total. The van der Waals surface area contributed by atoms with Crippen molar-refractivity contribution < 1.29 is 14.1 Å². The summed E-state index contributed by atoms with van der Waals surface area (Å²) in [5.74, 6) is -0.518. The summed E-state index contributed by atoms with van der Waals surface area (Å²) < 4.78 is 13.1. The number of ketones is 1. The number of nitro groups is 1. The van der Waals surface area contributed by atoms with Gasteiger partial charge in [0.05, 0.1) is 11.5 Å². The number of rotatable bonds is 8. The first-order chi connectivity index (χ1) is 11.9. The van der Waals surface area contributed by atoms with E-state index in [0.717, 1.165) is 5.56 Å². The van der Waals surface area contributed by atoms with Gasteiger partial charge in [-0.25, -0.2) is 4.39 Å². The summed E-state index contributed by atoms with van der Waals surface area (Å²) in [4.78, 5) is 24.4. The van der Waals surface area contributed by atoms with Crippen molar-refractivity contribution in [2.75, 3.05) is 27.2 Å². The zero-order valence-corrected chi connectivity index (χ0v) is 14.1. The van der Waals surface area contributed by atoms with Crippen LogP contribution >= 0.6 is 0 Å². The normalized spacial score (nSPS) is 12.2. The van der Waals surface area contributed by atoms with E-state index < -0.39 is 4.92 Å². The predicted molar refractivity (Wildman–Crippen MR) is 93.1 cm³/mol. The quantitative estimate of drug-likeness (QED) is 0.452. The van der Waals surface area contributed by atoms with Crippen LogP contribution in [0.15, 0.2) is 48.5 Å². The second-order valence-corrected chi connectivity index (χ2v) is 5.89. The van der Waals surface area contributed by atoms with Gasteiger partial charge in [0.15, 0.2) is 5.78 Å². The average molecular weight is 345 g/mol. The van der Waals surface area contributed by atoms with E-state index in [1.165, 1.54) is 30.3 Å². The van der Waals surface area contributed by atoms with E-state index in [0.29, 0.717) is 12.1 Å². The maximum absolute atomic E-state index is 13.1. The predicted octanol–water partition coefficient (Wildman–Crippen LogP) is 2.81. The molecule has 0 aromatic heterocycles. The van der Waals surface area contributed by atoms with E-state index in [9.17, 15) is 19.3 Å². The molecule has 0 heterocycles. The van der Waals surface area contributed by atoms with Crippen molar-refractivity contribution in [2.24, 2.45) is 0 Å². The molecule has 0 spiro atoms. The summed E-state index contributed by atoms with van der Waals surface area (Å²) in [5.41, 5.74) is 1.12. The number of non-ortho nitro benzene ring substituents is 1. The Balaban J connectivity index is 1.97. The Morgan fingerprint density at radius 2 is 1.92 bits per heavy atom. The topological polar surface area (TPSA) is 75.5 Å². The number of Topliss-reactive ketones (excluding diaryl/α,β-unsaturated/α-hetero) is 1. The minimum absolute atomic E-state index is 0.0292. The molecule has 7 heteroatoms. The number of nitro benzene ring substituents is 1. The fourth-order valence-corrected chi connectivity index (χ4v) is 2.50. The van der Waals surface area contributed by atoms with E-state index in [1.807, 2.05) is 19.0 Å². The number of likely N-dealkylation sites (N-methyl/N-ethyl adjacent to an activating group) is 1. The van der Waals surface area contributed by atoms with E-state index >= 15 is 0 Å². The third kappa shape index (κ3) is 5.17. The molecule has 0 bridgehead atoms. The number of halogens is 1. The third-order valence-electron chi connectivity index (χ3n) is 3.88. The molecule has 0 radical (unpaired) electrons. The molecule has 0 aliphatic carbocycles. The second-order valence-electron chi connectivity index (χ2n) is 5.89. The number of hydrogen-bond acceptors (Lipinski definition) is 5. The van der Waals surface area contributed by atoms with Crippen LogP contribution in [0.5, 0.6) is 0 Å². The SMILES string of the molecule is CN(C)C(CNCC(=O)c1cccc([N+](=O)[O-])c1)c1ccc(F)cc1. The summed E-state index contributed by atoms with van der Waals surface area (Å²) >= 11 is 0. The lowest BCUT2D eigenvalue weighted by Gasteiger charge is -2.25. The molecule has 2 aromatic carbocycles. The van der Waals surface area contributed by atoms with E-state index in [4.69, 9.17) is 0 Å². The number of nitrogens with zero attached hydrogens (tertiary/aromatic N) is 2. The fourth-order valence-electron chi connectivity index (χ4n) is 2.50. The van der Waals surface area contributed by atoms with Gasteiger partial charge >= 0.3 is 0 Å². The Morgan fingerprint density at radius 3 is 2.52 bits per heavy atom. The molecule has 0 aliphatic rings. The van der Waals surface area contributed by atoms with Crippen LogP contribution in [0.3, 0.4) is 0 Å². The van der Waals surface area contributed by atoms with Crippen LogP contribution in [0.1, 0.15) is 22.0 Å². The molecule has 132 valence electrons. The Labute approximate surface area is 145 Å². The van der Waals surface area contributed by atoms with Crippen molar-refractivity contribution in [1.82, 2.24) is 10.2 Å². The minimum Gasteiger partial charge on any atom is -0.308 e. The molecule has 0 saturated heterocycles. The van der Waals surface area contributed by atoms with Crippen LogP contribution < -0.4 is 5.32 Å². The number of carbonyl (C=O) groups is 1. The average Bonchev–Trinajstić information content (AvgIpc) is 2.59. The Hall–Kier alpha value is -2.64. The van der Waals surface area contributed by atoms with Gasteiger partial charge in [-0.2, -0.15) is 0 Å². The molecule has 0 aliphatic heterocycles. The Bertz CT molecular complexity index is 747. The van der Waals surface area contributed by atoms with Crippen LogP contribution in [0.4, 0.5) is 10.1 Å². The molecule has 1 atom stereocenters. The molecule has 6 nitrogen and oxygen atoms in total. The van der Waals surface area contributed by atoms with Gasteiger partial charge in [0.2, 0.25) is 0 Å². The third-order valence-corrected chi connectivity index (χ3v) is 3.88. The molecule has 0 saturated carbocycles. The lowest BCUT2D eigenvalue weighted by Crippen LogP contribution is -2.33.